The molecule has 0 aliphatic rings. The van der Waals surface area contributed by atoms with E-state index in [4.69, 9.17) is 9.97 Å². The van der Waals surface area contributed by atoms with Crippen LogP contribution in [0.3, 0.4) is 0 Å². The second kappa shape index (κ2) is 20.8. The molecule has 0 saturated carbocycles. The molecule has 0 aliphatic carbocycles. The topological polar surface area (TPSA) is 43.4 Å². The molecule has 0 atom stereocenters. The van der Waals surface area contributed by atoms with Crippen molar-refractivity contribution in [3.63, 3.8) is 0 Å². The number of rotatable bonds is 9. The number of imidazole rings is 2. The first-order chi connectivity index (χ1) is 39.0. The van der Waals surface area contributed by atoms with E-state index in [9.17, 15) is 0 Å². The zero-order valence-corrected chi connectivity index (χ0v) is 48.1. The van der Waals surface area contributed by atoms with E-state index in [1.807, 2.05) is 6.07 Å². The van der Waals surface area contributed by atoms with Crippen LogP contribution in [-0.4, -0.2) is 19.1 Å². The number of hydrogen-bond donors (Lipinski definition) is 0. The van der Waals surface area contributed by atoms with Crippen LogP contribution in [0.1, 0.15) is 61.8 Å². The molecule has 8 heteroatoms. The number of thiazole rings is 2. The van der Waals surface area contributed by atoms with E-state index in [1.54, 1.807) is 22.7 Å². The lowest BCUT2D eigenvalue weighted by molar-refractivity contribution is -0.634. The average molecular weight is 1080 g/mol. The number of fused-ring (bicyclic) bond motifs is 5. The summed E-state index contributed by atoms with van der Waals surface area (Å²) < 4.78 is 12.1. The van der Waals surface area contributed by atoms with E-state index in [-0.39, 0.29) is 0 Å². The van der Waals surface area contributed by atoms with Gasteiger partial charge in [0, 0.05) is 27.6 Å². The van der Waals surface area contributed by atoms with Crippen LogP contribution in [0, 0.1) is 13.8 Å². The maximum Gasteiger partial charge on any atom is 0.295 e. The molecule has 0 aliphatic heterocycles. The Labute approximate surface area is 475 Å². The highest BCUT2D eigenvalue weighted by Gasteiger charge is 2.33. The SMILES string of the molecule is Cc1cc2sc(-c3ccccc3)nc2cc1-c1n(-c2c(C(C)C)cc(-c3ccccc3)cc2C(C)C)c2ccccc2[n+]1C.Cc1cc2sc(-c3ccccc3)nc2cc1-c1n(-c2cccc3ccccc23)c2ccccc2[n+]1C. The lowest BCUT2D eigenvalue weighted by Gasteiger charge is -2.21. The van der Waals surface area contributed by atoms with Gasteiger partial charge < -0.3 is 0 Å². The maximum atomic E-state index is 5.13. The summed E-state index contributed by atoms with van der Waals surface area (Å²) in [5.41, 5.74) is 21.8. The lowest BCUT2D eigenvalue weighted by atomic mass is 9.88. The summed E-state index contributed by atoms with van der Waals surface area (Å²) in [5.74, 6) is 3.00. The molecule has 4 aromatic heterocycles. The lowest BCUT2D eigenvalue weighted by Crippen LogP contribution is -2.30. The van der Waals surface area contributed by atoms with Gasteiger partial charge in [0.05, 0.1) is 45.7 Å². The van der Waals surface area contributed by atoms with Crippen molar-refractivity contribution in [2.75, 3.05) is 0 Å². The third-order valence-electron chi connectivity index (χ3n) is 15.8. The number of benzene rings is 10. The fourth-order valence-corrected chi connectivity index (χ4v) is 13.9. The fraction of sp³-hybridized carbons (Fsp3) is 0.139. The summed E-state index contributed by atoms with van der Waals surface area (Å²) in [6, 6.07) is 78.4. The highest BCUT2D eigenvalue weighted by molar-refractivity contribution is 7.22. The molecule has 6 nitrogen and oxygen atoms in total. The zero-order chi connectivity index (χ0) is 54.8. The number of nitrogens with zero attached hydrogens (tertiary/aromatic N) is 6. The molecule has 0 unspecified atom stereocenters. The third kappa shape index (κ3) is 8.89. The van der Waals surface area contributed by atoms with Gasteiger partial charge in [-0.3, -0.25) is 0 Å². The van der Waals surface area contributed by atoms with Crippen molar-refractivity contribution >= 4 is 75.9 Å². The monoisotopic (exact) mass is 1070 g/mol. The zero-order valence-electron chi connectivity index (χ0n) is 46.4. The van der Waals surface area contributed by atoms with E-state index < -0.39 is 0 Å². The van der Waals surface area contributed by atoms with Gasteiger partial charge in [0.2, 0.25) is 0 Å². The number of aromatic nitrogens is 6. The molecule has 0 bridgehead atoms. The first kappa shape index (κ1) is 50.7. The van der Waals surface area contributed by atoms with Gasteiger partial charge in [-0.25, -0.2) is 19.1 Å². The van der Waals surface area contributed by atoms with Crippen LogP contribution >= 0.6 is 22.7 Å². The Morgan fingerprint density at radius 3 is 1.35 bits per heavy atom. The number of para-hydroxylation sites is 4. The van der Waals surface area contributed by atoms with Crippen LogP contribution in [0.4, 0.5) is 0 Å². The van der Waals surface area contributed by atoms with E-state index in [2.05, 4.69) is 286 Å². The predicted octanol–water partition coefficient (Wildman–Crippen LogP) is 18.5. The minimum atomic E-state index is 0.334. The summed E-state index contributed by atoms with van der Waals surface area (Å²) in [7, 11) is 4.37. The van der Waals surface area contributed by atoms with Gasteiger partial charge in [0.1, 0.15) is 21.4 Å². The summed E-state index contributed by atoms with van der Waals surface area (Å²) in [6.45, 7) is 13.7. The maximum absolute atomic E-state index is 5.13. The smallest absolute Gasteiger partial charge is 0.236 e. The summed E-state index contributed by atoms with van der Waals surface area (Å²) in [5, 5.41) is 4.59. The van der Waals surface area contributed by atoms with Gasteiger partial charge in [-0.15, -0.1) is 22.7 Å². The van der Waals surface area contributed by atoms with Gasteiger partial charge in [0.15, 0.2) is 22.1 Å². The van der Waals surface area contributed by atoms with Crippen molar-refractivity contribution in [1.29, 1.82) is 0 Å². The van der Waals surface area contributed by atoms with Gasteiger partial charge in [-0.1, -0.05) is 179 Å². The van der Waals surface area contributed by atoms with Crippen molar-refractivity contribution in [2.45, 2.75) is 53.4 Å². The molecule has 14 rings (SSSR count). The molecule has 10 aromatic carbocycles. The summed E-state index contributed by atoms with van der Waals surface area (Å²) in [4.78, 5) is 10.2. The number of aryl methyl sites for hydroxylation is 4. The van der Waals surface area contributed by atoms with E-state index in [0.29, 0.717) is 11.8 Å². The Hall–Kier alpha value is -8.82. The van der Waals surface area contributed by atoms with Crippen LogP contribution in [0.2, 0.25) is 0 Å². The van der Waals surface area contributed by atoms with Gasteiger partial charge in [0.25, 0.3) is 11.6 Å². The highest BCUT2D eigenvalue weighted by Crippen LogP contribution is 2.43. The van der Waals surface area contributed by atoms with Crippen LogP contribution in [0.25, 0.3) is 120 Å². The predicted molar refractivity (Wildman–Crippen MR) is 338 cm³/mol. The standard InChI is InChI=1S/C40H38N3S.C32H24N3S/c1-25(2)31-22-30(28-15-9-7-10-16-28)23-32(26(3)4)38(31)43-36-20-14-13-19-35(36)42(6)40(43)33-24-34-37(21-27(33)5)44-39(41-34)29-17-11-8-12-18-29;1-21-19-30-26(33-31(36-30)23-12-4-3-5-13-23)20-25(21)32-34(2)28-16-8-9-17-29(28)35(32)27-18-10-14-22-11-6-7-15-24(22)27/h7-26H,1-6H3;3-20H,1-2H3/q2*+1. The normalized spacial score (nSPS) is 11.7. The Morgan fingerprint density at radius 1 is 0.412 bits per heavy atom. The Balaban J connectivity index is 0.000000154. The molecule has 0 N–H and O–H groups in total. The van der Waals surface area contributed by atoms with Gasteiger partial charge >= 0.3 is 0 Å². The third-order valence-corrected chi connectivity index (χ3v) is 17.9. The van der Waals surface area contributed by atoms with Crippen molar-refractivity contribution < 1.29 is 9.13 Å². The van der Waals surface area contributed by atoms with Crippen LogP contribution in [-0.2, 0) is 14.1 Å². The molecule has 390 valence electrons. The molecule has 0 spiro atoms. The molecule has 0 radical (unpaired) electrons. The molecular weight excluding hydrogens is 1010 g/mol. The number of hydrogen-bond acceptors (Lipinski definition) is 4. The van der Waals surface area contributed by atoms with Crippen molar-refractivity contribution in [3.8, 4) is 66.4 Å². The first-order valence-electron chi connectivity index (χ1n) is 27.7. The minimum Gasteiger partial charge on any atom is -0.236 e. The van der Waals surface area contributed by atoms with Crippen LogP contribution < -0.4 is 9.13 Å². The van der Waals surface area contributed by atoms with Crippen LogP contribution in [0.5, 0.6) is 0 Å². The minimum absolute atomic E-state index is 0.334. The molecule has 80 heavy (non-hydrogen) atoms. The Morgan fingerprint density at radius 2 is 0.838 bits per heavy atom. The second-order valence-electron chi connectivity index (χ2n) is 21.6. The average Bonchev–Trinajstić information content (AvgIpc) is 4.33. The van der Waals surface area contributed by atoms with Crippen molar-refractivity contribution in [2.24, 2.45) is 14.1 Å². The summed E-state index contributed by atoms with van der Waals surface area (Å²) >= 11 is 3.52. The molecule has 0 amide bonds. The van der Waals surface area contributed by atoms with E-state index >= 15 is 0 Å². The van der Waals surface area contributed by atoms with Gasteiger partial charge in [-0.05, 0) is 120 Å². The molecular formula is C72H62N6S2+2. The van der Waals surface area contributed by atoms with Crippen LogP contribution in [0.15, 0.2) is 218 Å². The van der Waals surface area contributed by atoms with E-state index in [0.717, 1.165) is 38.0 Å². The van der Waals surface area contributed by atoms with E-state index in [1.165, 1.54) is 104 Å². The van der Waals surface area contributed by atoms with Gasteiger partial charge in [-0.2, -0.15) is 9.13 Å². The quantitative estimate of drug-likeness (QED) is 0.135. The van der Waals surface area contributed by atoms with Crippen molar-refractivity contribution in [1.82, 2.24) is 19.1 Å². The second-order valence-corrected chi connectivity index (χ2v) is 23.7. The highest BCUT2D eigenvalue weighted by atomic mass is 32.1. The molecule has 14 aromatic rings. The molecule has 4 heterocycles. The Kier molecular flexibility index (Phi) is 13.2. The largest absolute Gasteiger partial charge is 0.295 e. The molecule has 0 fully saturated rings. The summed E-state index contributed by atoms with van der Waals surface area (Å²) in [6.07, 6.45) is 0. The first-order valence-corrected chi connectivity index (χ1v) is 29.3. The Bertz CT molecular complexity index is 4600. The van der Waals surface area contributed by atoms with Crippen molar-refractivity contribution in [3.05, 3.63) is 241 Å². The molecule has 0 saturated heterocycles. The fourth-order valence-electron chi connectivity index (χ4n) is 11.8.